The zero-order chi connectivity index (χ0) is 13.4. The molecule has 1 amide bonds. The molecule has 1 saturated heterocycles. The maximum atomic E-state index is 11.1. The number of carbonyl (C=O) groups is 1. The Morgan fingerprint density at radius 3 is 3.06 bits per heavy atom. The van der Waals surface area contributed by atoms with E-state index in [1.165, 1.54) is 6.42 Å². The number of nitrogens with one attached hydrogen (secondary N) is 1. The fraction of sp³-hybridized carbons (Fsp3) is 0.923. The van der Waals surface area contributed by atoms with Crippen molar-refractivity contribution < 1.29 is 9.53 Å². The van der Waals surface area contributed by atoms with E-state index in [0.29, 0.717) is 18.6 Å². The van der Waals surface area contributed by atoms with Gasteiger partial charge in [-0.25, -0.2) is 5.84 Å². The Kier molecular flexibility index (Phi) is 7.23. The van der Waals surface area contributed by atoms with E-state index in [-0.39, 0.29) is 5.91 Å². The van der Waals surface area contributed by atoms with E-state index in [2.05, 4.69) is 24.2 Å². The Morgan fingerprint density at radius 1 is 1.61 bits per heavy atom. The van der Waals surface area contributed by atoms with Gasteiger partial charge < -0.3 is 4.74 Å². The van der Waals surface area contributed by atoms with Crippen molar-refractivity contribution in [2.45, 2.75) is 58.1 Å². The van der Waals surface area contributed by atoms with Crippen LogP contribution >= 0.6 is 0 Å². The fourth-order valence-electron chi connectivity index (χ4n) is 2.38. The van der Waals surface area contributed by atoms with Crippen LogP contribution in [0.4, 0.5) is 0 Å². The molecule has 0 aromatic carbocycles. The molecule has 106 valence electrons. The normalized spacial score (nSPS) is 22.7. The van der Waals surface area contributed by atoms with Crippen LogP contribution in [0.5, 0.6) is 0 Å². The lowest BCUT2D eigenvalue weighted by Crippen LogP contribution is -2.45. The molecule has 1 aliphatic heterocycles. The van der Waals surface area contributed by atoms with Gasteiger partial charge in [0.1, 0.15) is 0 Å². The van der Waals surface area contributed by atoms with Crippen LogP contribution in [0.25, 0.3) is 0 Å². The van der Waals surface area contributed by atoms with Crippen LogP contribution in [-0.4, -0.2) is 42.6 Å². The summed E-state index contributed by atoms with van der Waals surface area (Å²) in [5.41, 5.74) is 2.18. The summed E-state index contributed by atoms with van der Waals surface area (Å²) in [4.78, 5) is 13.5. The second-order valence-corrected chi connectivity index (χ2v) is 5.09. The summed E-state index contributed by atoms with van der Waals surface area (Å²) in [7, 11) is 0. The highest BCUT2D eigenvalue weighted by Crippen LogP contribution is 2.18. The minimum absolute atomic E-state index is 0.0855. The van der Waals surface area contributed by atoms with Crippen molar-refractivity contribution in [3.8, 4) is 0 Å². The van der Waals surface area contributed by atoms with Crippen LogP contribution < -0.4 is 11.3 Å². The molecule has 0 bridgehead atoms. The quantitative estimate of drug-likeness (QED) is 0.406. The number of piperidine rings is 1. The minimum atomic E-state index is -0.0855. The van der Waals surface area contributed by atoms with Crippen molar-refractivity contribution in [3.63, 3.8) is 0 Å². The highest BCUT2D eigenvalue weighted by atomic mass is 16.5. The van der Waals surface area contributed by atoms with Crippen molar-refractivity contribution in [3.05, 3.63) is 0 Å². The van der Waals surface area contributed by atoms with Crippen molar-refractivity contribution in [1.82, 2.24) is 10.3 Å². The van der Waals surface area contributed by atoms with E-state index in [1.807, 2.05) is 0 Å². The molecule has 18 heavy (non-hydrogen) atoms. The van der Waals surface area contributed by atoms with Crippen LogP contribution in [0, 0.1) is 0 Å². The van der Waals surface area contributed by atoms with Crippen molar-refractivity contribution in [1.29, 1.82) is 0 Å². The Morgan fingerprint density at radius 2 is 2.39 bits per heavy atom. The Bertz CT molecular complexity index is 248. The van der Waals surface area contributed by atoms with Crippen LogP contribution in [0.3, 0.4) is 0 Å². The zero-order valence-electron chi connectivity index (χ0n) is 11.7. The van der Waals surface area contributed by atoms with Crippen molar-refractivity contribution >= 4 is 5.91 Å². The van der Waals surface area contributed by atoms with Gasteiger partial charge >= 0.3 is 0 Å². The molecule has 1 fully saturated rings. The summed E-state index contributed by atoms with van der Waals surface area (Å²) in [5.74, 6) is 4.99. The van der Waals surface area contributed by atoms with E-state index >= 15 is 0 Å². The van der Waals surface area contributed by atoms with E-state index < -0.39 is 0 Å². The predicted molar refractivity (Wildman–Crippen MR) is 71.9 cm³/mol. The van der Waals surface area contributed by atoms with Gasteiger partial charge in [0.25, 0.3) is 0 Å². The minimum Gasteiger partial charge on any atom is -0.377 e. The second-order valence-electron chi connectivity index (χ2n) is 5.09. The summed E-state index contributed by atoms with van der Waals surface area (Å²) in [6, 6.07) is 0.412. The highest BCUT2D eigenvalue weighted by molar-refractivity contribution is 5.75. The number of amides is 1. The topological polar surface area (TPSA) is 67.6 Å². The lowest BCUT2D eigenvalue weighted by molar-refractivity contribution is -0.121. The Labute approximate surface area is 110 Å². The first-order chi connectivity index (χ1) is 8.67. The standard InChI is InChI=1S/C13H27N3O2/c1-3-9-18-12-5-4-8-16(10-12)11(2)6-7-13(17)15-14/h11-12H,3-10,14H2,1-2H3,(H,15,17). The Balaban J connectivity index is 2.28. The molecule has 3 N–H and O–H groups in total. The number of ether oxygens (including phenoxy) is 1. The molecular formula is C13H27N3O2. The number of hydrogen-bond acceptors (Lipinski definition) is 4. The van der Waals surface area contributed by atoms with Crippen LogP contribution in [0.15, 0.2) is 0 Å². The molecule has 0 aromatic rings. The lowest BCUT2D eigenvalue weighted by Gasteiger charge is -2.36. The molecule has 0 saturated carbocycles. The molecule has 1 heterocycles. The fourth-order valence-corrected chi connectivity index (χ4v) is 2.38. The molecule has 1 rings (SSSR count). The first-order valence-electron chi connectivity index (χ1n) is 7.02. The van der Waals surface area contributed by atoms with E-state index in [0.717, 1.165) is 39.0 Å². The van der Waals surface area contributed by atoms with Crippen LogP contribution in [0.1, 0.15) is 46.0 Å². The molecule has 1 aliphatic rings. The van der Waals surface area contributed by atoms with E-state index in [4.69, 9.17) is 10.6 Å². The lowest BCUT2D eigenvalue weighted by atomic mass is 10.0. The highest BCUT2D eigenvalue weighted by Gasteiger charge is 2.23. The average Bonchev–Trinajstić information content (AvgIpc) is 2.42. The van der Waals surface area contributed by atoms with Gasteiger partial charge in [0.15, 0.2) is 0 Å². The van der Waals surface area contributed by atoms with Gasteiger partial charge in [-0.3, -0.25) is 15.1 Å². The van der Waals surface area contributed by atoms with Gasteiger partial charge in [0, 0.05) is 25.6 Å². The van der Waals surface area contributed by atoms with Crippen molar-refractivity contribution in [2.24, 2.45) is 5.84 Å². The van der Waals surface area contributed by atoms with Gasteiger partial charge in [-0.15, -0.1) is 0 Å². The Hall–Kier alpha value is -0.650. The molecule has 0 spiro atoms. The summed E-state index contributed by atoms with van der Waals surface area (Å²) in [6.45, 7) is 7.26. The largest absolute Gasteiger partial charge is 0.377 e. The molecule has 2 atom stereocenters. The second kappa shape index (κ2) is 8.45. The van der Waals surface area contributed by atoms with E-state index in [9.17, 15) is 4.79 Å². The molecule has 5 heteroatoms. The third kappa shape index (κ3) is 5.33. The van der Waals surface area contributed by atoms with Gasteiger partial charge in [0.2, 0.25) is 5.91 Å². The van der Waals surface area contributed by atoms with Crippen molar-refractivity contribution in [2.75, 3.05) is 19.7 Å². The summed E-state index contributed by atoms with van der Waals surface area (Å²) < 4.78 is 5.82. The summed E-state index contributed by atoms with van der Waals surface area (Å²) >= 11 is 0. The first kappa shape index (κ1) is 15.4. The number of likely N-dealkylation sites (tertiary alicyclic amines) is 1. The van der Waals surface area contributed by atoms with Gasteiger partial charge in [-0.2, -0.15) is 0 Å². The number of hydrogen-bond donors (Lipinski definition) is 2. The number of rotatable bonds is 7. The average molecular weight is 257 g/mol. The van der Waals surface area contributed by atoms with Crippen LogP contribution in [-0.2, 0) is 9.53 Å². The molecule has 5 nitrogen and oxygen atoms in total. The monoisotopic (exact) mass is 257 g/mol. The number of hydrazine groups is 1. The zero-order valence-corrected chi connectivity index (χ0v) is 11.7. The third-order valence-corrected chi connectivity index (χ3v) is 3.54. The number of nitrogens with zero attached hydrogens (tertiary/aromatic N) is 1. The first-order valence-corrected chi connectivity index (χ1v) is 7.02. The number of nitrogens with two attached hydrogens (primary N) is 1. The molecule has 2 unspecified atom stereocenters. The van der Waals surface area contributed by atoms with Gasteiger partial charge in [-0.05, 0) is 39.2 Å². The third-order valence-electron chi connectivity index (χ3n) is 3.54. The predicted octanol–water partition coefficient (Wildman–Crippen LogP) is 1.04. The molecule has 0 aliphatic carbocycles. The maximum Gasteiger partial charge on any atom is 0.233 e. The van der Waals surface area contributed by atoms with Gasteiger partial charge in [-0.1, -0.05) is 6.92 Å². The molecule has 0 aromatic heterocycles. The summed E-state index contributed by atoms with van der Waals surface area (Å²) in [6.07, 6.45) is 5.12. The molecular weight excluding hydrogens is 230 g/mol. The smallest absolute Gasteiger partial charge is 0.233 e. The maximum absolute atomic E-state index is 11.1. The SMILES string of the molecule is CCCOC1CCCN(C(C)CCC(=O)NN)C1. The van der Waals surface area contributed by atoms with Gasteiger partial charge in [0.05, 0.1) is 6.10 Å². The molecule has 0 radical (unpaired) electrons. The van der Waals surface area contributed by atoms with E-state index in [1.54, 1.807) is 0 Å². The van der Waals surface area contributed by atoms with Crippen LogP contribution in [0.2, 0.25) is 0 Å². The number of carbonyl (C=O) groups excluding carboxylic acids is 1. The summed E-state index contributed by atoms with van der Waals surface area (Å²) in [5, 5.41) is 0.